The summed E-state index contributed by atoms with van der Waals surface area (Å²) in [6.07, 6.45) is 0. The summed E-state index contributed by atoms with van der Waals surface area (Å²) in [4.78, 5) is 4.95. The summed E-state index contributed by atoms with van der Waals surface area (Å²) in [5.74, 6) is 0.0148. The third-order valence-electron chi connectivity index (χ3n) is 2.06. The highest BCUT2D eigenvalue weighted by molar-refractivity contribution is 5.22. The third kappa shape index (κ3) is 1.33. The fraction of sp³-hybridized carbons (Fsp3) is 0.333. The molecule has 0 aliphatic carbocycles. The summed E-state index contributed by atoms with van der Waals surface area (Å²) >= 11 is 0. The Labute approximate surface area is 70.3 Å². The molecule has 0 spiro atoms. The molecule has 0 saturated carbocycles. The van der Waals surface area contributed by atoms with Crippen LogP contribution in [0.2, 0.25) is 0 Å². The Hall–Kier alpha value is -0.930. The van der Waals surface area contributed by atoms with Crippen LogP contribution in [0.3, 0.4) is 0 Å². The molecule has 0 bridgehead atoms. The van der Waals surface area contributed by atoms with Crippen LogP contribution in [0.5, 0.6) is 0 Å². The molecule has 0 radical (unpaired) electrons. The van der Waals surface area contributed by atoms with Crippen molar-refractivity contribution in [2.45, 2.75) is 5.92 Å². The molecule has 1 aliphatic rings. The molecular weight excluding hydrogens is 157 g/mol. The lowest BCUT2D eigenvalue weighted by atomic mass is 10.0. The van der Waals surface area contributed by atoms with Gasteiger partial charge in [0.05, 0.1) is 6.61 Å². The number of hydrogen-bond acceptors (Lipinski definition) is 2. The number of halogens is 1. The molecule has 1 heterocycles. The molecule has 0 amide bonds. The quantitative estimate of drug-likeness (QED) is 0.683. The van der Waals surface area contributed by atoms with E-state index in [-0.39, 0.29) is 11.7 Å². The van der Waals surface area contributed by atoms with Crippen molar-refractivity contribution in [3.63, 3.8) is 0 Å². The lowest BCUT2D eigenvalue weighted by Crippen LogP contribution is -2.08. The number of hydrogen-bond donors (Lipinski definition) is 1. The van der Waals surface area contributed by atoms with Gasteiger partial charge in [0, 0.05) is 12.5 Å². The van der Waals surface area contributed by atoms with Crippen LogP contribution in [-0.2, 0) is 4.84 Å². The van der Waals surface area contributed by atoms with Crippen LogP contribution in [0.1, 0.15) is 11.5 Å². The SMILES string of the molecule is Fc1ccccc1C1CNOC1. The van der Waals surface area contributed by atoms with Crippen LogP contribution in [0, 0.1) is 5.82 Å². The maximum absolute atomic E-state index is 13.2. The zero-order chi connectivity index (χ0) is 8.39. The van der Waals surface area contributed by atoms with E-state index in [0.717, 1.165) is 5.56 Å². The highest BCUT2D eigenvalue weighted by Crippen LogP contribution is 2.21. The monoisotopic (exact) mass is 167 g/mol. The normalized spacial score (nSPS) is 22.9. The van der Waals surface area contributed by atoms with Gasteiger partial charge in [0.25, 0.3) is 0 Å². The Kier molecular flexibility index (Phi) is 2.06. The first-order chi connectivity index (χ1) is 5.88. The van der Waals surface area contributed by atoms with E-state index in [0.29, 0.717) is 13.2 Å². The topological polar surface area (TPSA) is 21.3 Å². The van der Waals surface area contributed by atoms with Crippen molar-refractivity contribution in [2.24, 2.45) is 0 Å². The van der Waals surface area contributed by atoms with E-state index in [1.54, 1.807) is 12.1 Å². The Bertz CT molecular complexity index is 271. The van der Waals surface area contributed by atoms with Gasteiger partial charge in [-0.1, -0.05) is 18.2 Å². The van der Waals surface area contributed by atoms with Gasteiger partial charge < -0.3 is 4.84 Å². The van der Waals surface area contributed by atoms with Crippen molar-refractivity contribution >= 4 is 0 Å². The number of hydroxylamine groups is 1. The first kappa shape index (κ1) is 7.71. The van der Waals surface area contributed by atoms with E-state index in [4.69, 9.17) is 4.84 Å². The molecule has 12 heavy (non-hydrogen) atoms. The highest BCUT2D eigenvalue weighted by Gasteiger charge is 2.19. The highest BCUT2D eigenvalue weighted by atomic mass is 19.1. The first-order valence-electron chi connectivity index (χ1n) is 3.97. The summed E-state index contributed by atoms with van der Waals surface area (Å²) in [5, 5.41) is 0. The average molecular weight is 167 g/mol. The van der Waals surface area contributed by atoms with Crippen molar-refractivity contribution in [1.82, 2.24) is 5.48 Å². The fourth-order valence-corrected chi connectivity index (χ4v) is 1.38. The van der Waals surface area contributed by atoms with Crippen molar-refractivity contribution in [2.75, 3.05) is 13.2 Å². The Morgan fingerprint density at radius 2 is 2.25 bits per heavy atom. The smallest absolute Gasteiger partial charge is 0.126 e. The summed E-state index contributed by atoms with van der Waals surface area (Å²) in [6, 6.07) is 6.82. The molecule has 1 aromatic carbocycles. The van der Waals surface area contributed by atoms with Crippen molar-refractivity contribution < 1.29 is 9.23 Å². The largest absolute Gasteiger partial charge is 0.301 e. The molecule has 3 heteroatoms. The van der Waals surface area contributed by atoms with Crippen LogP contribution in [0.4, 0.5) is 4.39 Å². The zero-order valence-corrected chi connectivity index (χ0v) is 6.59. The van der Waals surface area contributed by atoms with Gasteiger partial charge in [-0.2, -0.15) is 0 Å². The van der Waals surface area contributed by atoms with Crippen LogP contribution in [0.25, 0.3) is 0 Å². The molecule has 64 valence electrons. The standard InChI is InChI=1S/C9H10FNO/c10-9-4-2-1-3-8(9)7-5-11-12-6-7/h1-4,7,11H,5-6H2. The number of rotatable bonds is 1. The average Bonchev–Trinajstić information content (AvgIpc) is 2.57. The Morgan fingerprint density at radius 3 is 2.92 bits per heavy atom. The van der Waals surface area contributed by atoms with Crippen molar-refractivity contribution in [3.05, 3.63) is 35.6 Å². The fourth-order valence-electron chi connectivity index (χ4n) is 1.38. The molecule has 1 unspecified atom stereocenters. The second kappa shape index (κ2) is 3.21. The van der Waals surface area contributed by atoms with Gasteiger partial charge >= 0.3 is 0 Å². The molecule has 1 N–H and O–H groups in total. The lowest BCUT2D eigenvalue weighted by Gasteiger charge is -2.06. The predicted molar refractivity (Wildman–Crippen MR) is 43.1 cm³/mol. The van der Waals surface area contributed by atoms with Gasteiger partial charge in [-0.3, -0.25) is 0 Å². The molecule has 1 saturated heterocycles. The maximum atomic E-state index is 13.2. The molecule has 1 fully saturated rings. The molecule has 0 aromatic heterocycles. The van der Waals surface area contributed by atoms with Crippen molar-refractivity contribution in [1.29, 1.82) is 0 Å². The Balaban J connectivity index is 2.26. The first-order valence-corrected chi connectivity index (χ1v) is 3.97. The van der Waals surface area contributed by atoms with E-state index in [2.05, 4.69) is 5.48 Å². The van der Waals surface area contributed by atoms with Crippen LogP contribution in [-0.4, -0.2) is 13.2 Å². The molecular formula is C9H10FNO. The van der Waals surface area contributed by atoms with E-state index in [1.807, 2.05) is 6.07 Å². The van der Waals surface area contributed by atoms with Crippen molar-refractivity contribution in [3.8, 4) is 0 Å². The minimum atomic E-state index is -0.144. The van der Waals surface area contributed by atoms with Gasteiger partial charge in [0.15, 0.2) is 0 Å². The van der Waals surface area contributed by atoms with Gasteiger partial charge in [-0.05, 0) is 11.6 Å². The second-order valence-electron chi connectivity index (χ2n) is 2.88. The molecule has 2 nitrogen and oxygen atoms in total. The minimum Gasteiger partial charge on any atom is -0.301 e. The zero-order valence-electron chi connectivity index (χ0n) is 6.59. The molecule has 1 aliphatic heterocycles. The van der Waals surface area contributed by atoms with Crippen LogP contribution < -0.4 is 5.48 Å². The van der Waals surface area contributed by atoms with Crippen LogP contribution >= 0.6 is 0 Å². The second-order valence-corrected chi connectivity index (χ2v) is 2.88. The summed E-state index contributed by atoms with van der Waals surface area (Å²) < 4.78 is 13.2. The molecule has 1 aromatic rings. The van der Waals surface area contributed by atoms with E-state index >= 15 is 0 Å². The van der Waals surface area contributed by atoms with Gasteiger partial charge in [-0.15, -0.1) is 0 Å². The molecule has 2 rings (SSSR count). The van der Waals surface area contributed by atoms with Gasteiger partial charge in [0.1, 0.15) is 5.82 Å². The van der Waals surface area contributed by atoms with E-state index in [9.17, 15) is 4.39 Å². The predicted octanol–water partition coefficient (Wildman–Crippen LogP) is 1.44. The van der Waals surface area contributed by atoms with E-state index < -0.39 is 0 Å². The number of nitrogens with one attached hydrogen (secondary N) is 1. The van der Waals surface area contributed by atoms with Gasteiger partial charge in [-0.25, -0.2) is 9.87 Å². The summed E-state index contributed by atoms with van der Waals surface area (Å²) in [5.41, 5.74) is 3.47. The minimum absolute atomic E-state index is 0.144. The molecule has 1 atom stereocenters. The third-order valence-corrected chi connectivity index (χ3v) is 2.06. The summed E-state index contributed by atoms with van der Waals surface area (Å²) in [7, 11) is 0. The summed E-state index contributed by atoms with van der Waals surface area (Å²) in [6.45, 7) is 1.25. The van der Waals surface area contributed by atoms with Crippen LogP contribution in [0.15, 0.2) is 24.3 Å². The maximum Gasteiger partial charge on any atom is 0.126 e. The number of benzene rings is 1. The lowest BCUT2D eigenvalue weighted by molar-refractivity contribution is 0.100. The van der Waals surface area contributed by atoms with Gasteiger partial charge in [0.2, 0.25) is 0 Å². The Morgan fingerprint density at radius 1 is 1.42 bits per heavy atom. The van der Waals surface area contributed by atoms with E-state index in [1.165, 1.54) is 6.07 Å².